The topological polar surface area (TPSA) is 67.4 Å². The zero-order valence-electron chi connectivity index (χ0n) is 17.2. The maximum Gasteiger partial charge on any atom is 0.262 e. The molecular weight excluding hydrogens is 396 g/mol. The minimum Gasteiger partial charge on any atom is -0.491 e. The molecule has 0 spiro atoms. The molecule has 0 saturated heterocycles. The second kappa shape index (κ2) is 10.6. The van der Waals surface area contributed by atoms with Crippen molar-refractivity contribution in [3.05, 3.63) is 87.6 Å². The van der Waals surface area contributed by atoms with Crippen molar-refractivity contribution in [2.24, 2.45) is 0 Å². The Hall–Kier alpha value is -3.12. The number of carbonyl (C=O) groups is 2. The average molecular weight is 423 g/mol. The van der Waals surface area contributed by atoms with E-state index in [1.165, 1.54) is 11.3 Å². The number of para-hydroxylation sites is 1. The van der Waals surface area contributed by atoms with Gasteiger partial charge in [0.25, 0.3) is 5.91 Å². The molecule has 2 amide bonds. The monoisotopic (exact) mass is 422 g/mol. The number of ether oxygens (including phenoxy) is 1. The minimum absolute atomic E-state index is 0.228. The number of aryl methyl sites for hydroxylation is 2. The van der Waals surface area contributed by atoms with Crippen LogP contribution in [0.1, 0.15) is 26.4 Å². The van der Waals surface area contributed by atoms with Gasteiger partial charge in [-0.05, 0) is 42.0 Å². The molecule has 0 bridgehead atoms. The fourth-order valence-corrected chi connectivity index (χ4v) is 3.80. The van der Waals surface area contributed by atoms with Gasteiger partial charge in [-0.15, -0.1) is 11.3 Å². The van der Waals surface area contributed by atoms with Crippen LogP contribution in [0.2, 0.25) is 0 Å². The summed E-state index contributed by atoms with van der Waals surface area (Å²) in [7, 11) is 0. The van der Waals surface area contributed by atoms with Crippen molar-refractivity contribution in [3.63, 3.8) is 0 Å². The average Bonchev–Trinajstić information content (AvgIpc) is 3.28. The molecule has 6 heteroatoms. The van der Waals surface area contributed by atoms with E-state index >= 15 is 0 Å². The van der Waals surface area contributed by atoms with E-state index in [2.05, 4.69) is 10.6 Å². The first-order chi connectivity index (χ1) is 14.5. The lowest BCUT2D eigenvalue weighted by molar-refractivity contribution is -0.123. The first-order valence-corrected chi connectivity index (χ1v) is 10.8. The van der Waals surface area contributed by atoms with E-state index < -0.39 is 6.04 Å². The standard InChI is InChI=1S/C24H26N2O3S/c1-17-8-6-9-18(2)22(17)29-14-13-25-23(27)20(16-19-10-4-3-5-11-19)26-24(28)21-12-7-15-30-21/h3-12,15,20H,13-14,16H2,1-2H3,(H,25,27)(H,26,28). The normalized spacial score (nSPS) is 11.5. The van der Waals surface area contributed by atoms with Crippen molar-refractivity contribution in [3.8, 4) is 5.75 Å². The van der Waals surface area contributed by atoms with Gasteiger partial charge in [0, 0.05) is 6.42 Å². The van der Waals surface area contributed by atoms with Gasteiger partial charge in [-0.3, -0.25) is 9.59 Å². The van der Waals surface area contributed by atoms with Gasteiger partial charge in [-0.2, -0.15) is 0 Å². The quantitative estimate of drug-likeness (QED) is 0.514. The van der Waals surface area contributed by atoms with Gasteiger partial charge in [-0.1, -0.05) is 54.6 Å². The molecule has 0 aliphatic carbocycles. The molecule has 1 atom stereocenters. The van der Waals surface area contributed by atoms with Crippen LogP contribution in [0.3, 0.4) is 0 Å². The van der Waals surface area contributed by atoms with Gasteiger partial charge in [0.05, 0.1) is 11.4 Å². The highest BCUT2D eigenvalue weighted by Crippen LogP contribution is 2.21. The molecule has 2 aromatic carbocycles. The summed E-state index contributed by atoms with van der Waals surface area (Å²) >= 11 is 1.35. The second-order valence-electron chi connectivity index (χ2n) is 7.05. The minimum atomic E-state index is -0.665. The third-order valence-electron chi connectivity index (χ3n) is 4.71. The molecule has 0 radical (unpaired) electrons. The van der Waals surface area contributed by atoms with Crippen molar-refractivity contribution in [2.75, 3.05) is 13.2 Å². The van der Waals surface area contributed by atoms with Crippen LogP contribution in [-0.4, -0.2) is 31.0 Å². The van der Waals surface area contributed by atoms with Crippen LogP contribution >= 0.6 is 11.3 Å². The predicted molar refractivity (Wildman–Crippen MR) is 120 cm³/mol. The zero-order chi connectivity index (χ0) is 21.3. The first kappa shape index (κ1) is 21.6. The Bertz CT molecular complexity index is 951. The molecule has 0 fully saturated rings. The SMILES string of the molecule is Cc1cccc(C)c1OCCNC(=O)C(Cc1ccccc1)NC(=O)c1cccs1. The molecule has 3 aromatic rings. The fraction of sp³-hybridized carbons (Fsp3) is 0.250. The van der Waals surface area contributed by atoms with E-state index in [0.29, 0.717) is 24.4 Å². The number of nitrogens with one attached hydrogen (secondary N) is 2. The van der Waals surface area contributed by atoms with Gasteiger partial charge >= 0.3 is 0 Å². The highest BCUT2D eigenvalue weighted by Gasteiger charge is 2.22. The Morgan fingerprint density at radius 3 is 2.37 bits per heavy atom. The molecule has 3 rings (SSSR count). The number of benzene rings is 2. The summed E-state index contributed by atoms with van der Waals surface area (Å²) in [6, 6.07) is 18.5. The summed E-state index contributed by atoms with van der Waals surface area (Å²) in [5, 5.41) is 7.59. The molecular formula is C24H26N2O3S. The van der Waals surface area contributed by atoms with Gasteiger partial charge in [0.1, 0.15) is 18.4 Å². The zero-order valence-corrected chi connectivity index (χ0v) is 18.0. The molecule has 30 heavy (non-hydrogen) atoms. The van der Waals surface area contributed by atoms with E-state index in [-0.39, 0.29) is 11.8 Å². The van der Waals surface area contributed by atoms with Crippen LogP contribution in [0.25, 0.3) is 0 Å². The fourth-order valence-electron chi connectivity index (χ4n) is 3.17. The van der Waals surface area contributed by atoms with Crippen LogP contribution in [0.5, 0.6) is 5.75 Å². The van der Waals surface area contributed by atoms with Crippen LogP contribution in [-0.2, 0) is 11.2 Å². The maximum absolute atomic E-state index is 12.8. The summed E-state index contributed by atoms with van der Waals surface area (Å²) in [6.07, 6.45) is 0.418. The Morgan fingerprint density at radius 2 is 1.70 bits per heavy atom. The number of carbonyl (C=O) groups excluding carboxylic acids is 2. The summed E-state index contributed by atoms with van der Waals surface area (Å²) in [5.41, 5.74) is 3.11. The van der Waals surface area contributed by atoms with Crippen molar-refractivity contribution >= 4 is 23.2 Å². The lowest BCUT2D eigenvalue weighted by atomic mass is 10.1. The molecule has 5 nitrogen and oxygen atoms in total. The lowest BCUT2D eigenvalue weighted by Gasteiger charge is -2.19. The highest BCUT2D eigenvalue weighted by molar-refractivity contribution is 7.12. The number of hydrogen-bond donors (Lipinski definition) is 2. The summed E-state index contributed by atoms with van der Waals surface area (Å²) in [5.74, 6) is 0.375. The van der Waals surface area contributed by atoms with E-state index in [0.717, 1.165) is 22.4 Å². The second-order valence-corrected chi connectivity index (χ2v) is 8.00. The van der Waals surface area contributed by atoms with Crippen LogP contribution in [0, 0.1) is 13.8 Å². The Labute approximate surface area is 181 Å². The summed E-state index contributed by atoms with van der Waals surface area (Å²) in [6.45, 7) is 4.70. The van der Waals surface area contributed by atoms with Crippen LogP contribution in [0.15, 0.2) is 66.0 Å². The van der Waals surface area contributed by atoms with Gasteiger partial charge in [0.15, 0.2) is 0 Å². The van der Waals surface area contributed by atoms with Crippen molar-refractivity contribution in [1.29, 1.82) is 0 Å². The summed E-state index contributed by atoms with van der Waals surface area (Å²) in [4.78, 5) is 25.9. The van der Waals surface area contributed by atoms with Crippen molar-refractivity contribution in [2.45, 2.75) is 26.3 Å². The van der Waals surface area contributed by atoms with Gasteiger partial charge in [-0.25, -0.2) is 0 Å². The Balaban J connectivity index is 1.59. The molecule has 2 N–H and O–H groups in total. The van der Waals surface area contributed by atoms with Crippen LogP contribution in [0.4, 0.5) is 0 Å². The summed E-state index contributed by atoms with van der Waals surface area (Å²) < 4.78 is 5.86. The molecule has 0 saturated carbocycles. The third kappa shape index (κ3) is 5.94. The predicted octanol–water partition coefficient (Wildman–Crippen LogP) is 3.90. The maximum atomic E-state index is 12.8. The smallest absolute Gasteiger partial charge is 0.262 e. The largest absolute Gasteiger partial charge is 0.491 e. The first-order valence-electron chi connectivity index (χ1n) is 9.89. The van der Waals surface area contributed by atoms with E-state index in [9.17, 15) is 9.59 Å². The molecule has 0 aliphatic rings. The number of thiophene rings is 1. The molecule has 1 aromatic heterocycles. The molecule has 1 unspecified atom stereocenters. The molecule has 1 heterocycles. The van der Waals surface area contributed by atoms with Crippen molar-refractivity contribution < 1.29 is 14.3 Å². The molecule has 0 aliphatic heterocycles. The lowest BCUT2D eigenvalue weighted by Crippen LogP contribution is -2.48. The van der Waals surface area contributed by atoms with Crippen molar-refractivity contribution in [1.82, 2.24) is 10.6 Å². The number of amides is 2. The Morgan fingerprint density at radius 1 is 0.967 bits per heavy atom. The molecule has 156 valence electrons. The van der Waals surface area contributed by atoms with Gasteiger partial charge < -0.3 is 15.4 Å². The third-order valence-corrected chi connectivity index (χ3v) is 5.57. The van der Waals surface area contributed by atoms with E-state index in [4.69, 9.17) is 4.74 Å². The van der Waals surface area contributed by atoms with Crippen LogP contribution < -0.4 is 15.4 Å². The number of rotatable bonds is 9. The highest BCUT2D eigenvalue weighted by atomic mass is 32.1. The Kier molecular flexibility index (Phi) is 7.63. The number of hydrogen-bond acceptors (Lipinski definition) is 4. The van der Waals surface area contributed by atoms with E-state index in [1.54, 1.807) is 6.07 Å². The van der Waals surface area contributed by atoms with Gasteiger partial charge in [0.2, 0.25) is 5.91 Å². The van der Waals surface area contributed by atoms with E-state index in [1.807, 2.05) is 73.8 Å².